The van der Waals surface area contributed by atoms with Crippen LogP contribution in [0.4, 0.5) is 0 Å². The van der Waals surface area contributed by atoms with Gasteiger partial charge in [0.05, 0.1) is 16.5 Å². The van der Waals surface area contributed by atoms with Crippen molar-refractivity contribution >= 4 is 40.8 Å². The summed E-state index contributed by atoms with van der Waals surface area (Å²) in [5, 5.41) is 6.39. The minimum Gasteiger partial charge on any atom is -0.493 e. The molecule has 1 heterocycles. The molecule has 31 heavy (non-hydrogen) atoms. The largest absolute Gasteiger partial charge is 0.493 e. The van der Waals surface area contributed by atoms with Crippen LogP contribution in [0.2, 0.25) is 5.02 Å². The van der Waals surface area contributed by atoms with Crippen LogP contribution in [-0.2, 0) is 9.59 Å². The minimum absolute atomic E-state index is 0.126. The van der Waals surface area contributed by atoms with Crippen LogP contribution in [0.5, 0.6) is 16.7 Å². The first kappa shape index (κ1) is 23.1. The van der Waals surface area contributed by atoms with E-state index in [0.717, 1.165) is 17.2 Å². The molecule has 0 spiro atoms. The predicted octanol–water partition coefficient (Wildman–Crippen LogP) is 4.42. The van der Waals surface area contributed by atoms with E-state index in [1.54, 1.807) is 18.3 Å². The molecular formula is C22H26ClN3O4S. The average molecular weight is 464 g/mol. The number of carbonyl (C=O) groups excluding carboxylic acids is 2. The normalized spacial score (nSPS) is 14.3. The van der Waals surface area contributed by atoms with Gasteiger partial charge in [-0.25, -0.2) is 4.98 Å². The maximum absolute atomic E-state index is 11.8. The molecule has 1 aliphatic carbocycles. The topological polar surface area (TPSA) is 89.6 Å². The summed E-state index contributed by atoms with van der Waals surface area (Å²) < 4.78 is 11.5. The van der Waals surface area contributed by atoms with Crippen molar-refractivity contribution in [3.05, 3.63) is 40.4 Å². The van der Waals surface area contributed by atoms with Crippen molar-refractivity contribution < 1.29 is 19.1 Å². The number of rotatable bonds is 11. The van der Waals surface area contributed by atoms with Gasteiger partial charge >= 0.3 is 0 Å². The number of ether oxygens (including phenoxy) is 2. The second-order valence-electron chi connectivity index (χ2n) is 7.43. The summed E-state index contributed by atoms with van der Waals surface area (Å²) in [4.78, 5) is 27.8. The Bertz CT molecular complexity index is 943. The van der Waals surface area contributed by atoms with Crippen molar-refractivity contribution in [2.75, 3.05) is 13.2 Å². The lowest BCUT2D eigenvalue weighted by molar-refractivity contribution is -0.121. The van der Waals surface area contributed by atoms with Crippen molar-refractivity contribution in [2.45, 2.75) is 39.2 Å². The van der Waals surface area contributed by atoms with E-state index in [9.17, 15) is 9.59 Å². The second kappa shape index (κ2) is 11.2. The number of carbonyl (C=O) groups is 2. The minimum atomic E-state index is -0.158. The van der Waals surface area contributed by atoms with Crippen LogP contribution in [0.3, 0.4) is 0 Å². The number of thiazole rings is 1. The van der Waals surface area contributed by atoms with Gasteiger partial charge in [-0.05, 0) is 43.9 Å². The van der Waals surface area contributed by atoms with Crippen LogP contribution in [0.1, 0.15) is 38.0 Å². The predicted molar refractivity (Wildman–Crippen MR) is 122 cm³/mol. The zero-order chi connectivity index (χ0) is 22.2. The van der Waals surface area contributed by atoms with Gasteiger partial charge in [-0.3, -0.25) is 9.59 Å². The van der Waals surface area contributed by atoms with Crippen LogP contribution < -0.4 is 20.1 Å². The second-order valence-corrected chi connectivity index (χ2v) is 8.86. The fraction of sp³-hybridized carbons (Fsp3) is 0.409. The molecule has 2 N–H and O–H groups in total. The summed E-state index contributed by atoms with van der Waals surface area (Å²) in [5.74, 6) is 1.66. The SMILES string of the molecule is CC(=O)NCCC(=O)N[C@@H](C)/C=C/c1cnc(Oc2ccc(OCC3CC3)cc2Cl)s1. The zero-order valence-corrected chi connectivity index (χ0v) is 19.1. The molecule has 2 amide bonds. The molecule has 1 aromatic carbocycles. The lowest BCUT2D eigenvalue weighted by Crippen LogP contribution is -2.34. The maximum atomic E-state index is 11.8. The third kappa shape index (κ3) is 8.22. The lowest BCUT2D eigenvalue weighted by atomic mass is 10.2. The fourth-order valence-corrected chi connectivity index (χ4v) is 3.51. The Morgan fingerprint density at radius 1 is 1.39 bits per heavy atom. The number of amides is 2. The molecule has 166 valence electrons. The molecule has 0 aliphatic heterocycles. The Morgan fingerprint density at radius 3 is 2.90 bits per heavy atom. The van der Waals surface area contributed by atoms with E-state index in [0.29, 0.717) is 28.4 Å². The van der Waals surface area contributed by atoms with E-state index in [4.69, 9.17) is 21.1 Å². The van der Waals surface area contributed by atoms with Gasteiger partial charge in [-0.1, -0.05) is 29.0 Å². The van der Waals surface area contributed by atoms with E-state index >= 15 is 0 Å². The third-order valence-corrected chi connectivity index (χ3v) is 5.59. The van der Waals surface area contributed by atoms with E-state index in [1.807, 2.05) is 25.1 Å². The standard InChI is InChI=1S/C22H26ClN3O4S/c1-14(26-21(28)9-10-24-15(2)27)3-7-18-12-25-22(31-18)30-20-8-6-17(11-19(20)23)29-13-16-4-5-16/h3,6-8,11-12,14,16H,4-5,9-10,13H2,1-2H3,(H,24,27)(H,26,28)/b7-3+/t14-/m0/s1. The van der Waals surface area contributed by atoms with Crippen LogP contribution in [-0.4, -0.2) is 36.0 Å². The van der Waals surface area contributed by atoms with Crippen molar-refractivity contribution in [3.63, 3.8) is 0 Å². The summed E-state index contributed by atoms with van der Waals surface area (Å²) in [5.41, 5.74) is 0. The quantitative estimate of drug-likeness (QED) is 0.514. The van der Waals surface area contributed by atoms with E-state index in [-0.39, 0.29) is 24.3 Å². The first-order valence-electron chi connectivity index (χ1n) is 10.2. The van der Waals surface area contributed by atoms with Crippen LogP contribution in [0.15, 0.2) is 30.5 Å². The molecule has 1 atom stereocenters. The number of hydrogen-bond donors (Lipinski definition) is 2. The molecule has 1 saturated carbocycles. The van der Waals surface area contributed by atoms with Crippen molar-refractivity contribution in [3.8, 4) is 16.7 Å². The number of halogens is 1. The smallest absolute Gasteiger partial charge is 0.279 e. The molecular weight excluding hydrogens is 438 g/mol. The molecule has 1 aromatic heterocycles. The van der Waals surface area contributed by atoms with E-state index in [1.165, 1.54) is 31.1 Å². The van der Waals surface area contributed by atoms with Gasteiger partial charge in [-0.2, -0.15) is 0 Å². The Hall–Kier alpha value is -2.58. The Kier molecular flexibility index (Phi) is 8.31. The van der Waals surface area contributed by atoms with Crippen LogP contribution in [0.25, 0.3) is 6.08 Å². The molecule has 9 heteroatoms. The van der Waals surface area contributed by atoms with Gasteiger partial charge in [0, 0.05) is 38.2 Å². The van der Waals surface area contributed by atoms with Gasteiger partial charge in [0.1, 0.15) is 11.5 Å². The molecule has 7 nitrogen and oxygen atoms in total. The third-order valence-electron chi connectivity index (χ3n) is 4.45. The number of nitrogens with one attached hydrogen (secondary N) is 2. The Morgan fingerprint density at radius 2 is 2.19 bits per heavy atom. The first-order valence-corrected chi connectivity index (χ1v) is 11.4. The zero-order valence-electron chi connectivity index (χ0n) is 17.5. The van der Waals surface area contributed by atoms with Gasteiger partial charge in [-0.15, -0.1) is 0 Å². The molecule has 1 aliphatic rings. The summed E-state index contributed by atoms with van der Waals surface area (Å²) in [6.07, 6.45) is 8.15. The van der Waals surface area contributed by atoms with Crippen molar-refractivity contribution in [1.82, 2.24) is 15.6 Å². The lowest BCUT2D eigenvalue weighted by Gasteiger charge is -2.09. The highest BCUT2D eigenvalue weighted by Gasteiger charge is 2.22. The Labute approximate surface area is 190 Å². The van der Waals surface area contributed by atoms with E-state index < -0.39 is 0 Å². The summed E-state index contributed by atoms with van der Waals surface area (Å²) >= 11 is 7.69. The summed E-state index contributed by atoms with van der Waals surface area (Å²) in [7, 11) is 0. The number of benzene rings is 1. The maximum Gasteiger partial charge on any atom is 0.279 e. The van der Waals surface area contributed by atoms with Gasteiger partial charge in [0.2, 0.25) is 11.8 Å². The number of nitrogens with zero attached hydrogens (tertiary/aromatic N) is 1. The molecule has 2 aromatic rings. The highest BCUT2D eigenvalue weighted by Crippen LogP contribution is 2.35. The Balaban J connectivity index is 1.47. The van der Waals surface area contributed by atoms with Gasteiger partial charge in [0.15, 0.2) is 0 Å². The van der Waals surface area contributed by atoms with E-state index in [2.05, 4.69) is 15.6 Å². The van der Waals surface area contributed by atoms with Gasteiger partial charge in [0.25, 0.3) is 5.19 Å². The molecule has 3 rings (SSSR count). The first-order chi connectivity index (χ1) is 14.9. The molecule has 0 unspecified atom stereocenters. The average Bonchev–Trinajstić information content (AvgIpc) is 3.44. The number of hydrogen-bond acceptors (Lipinski definition) is 6. The highest BCUT2D eigenvalue weighted by atomic mass is 35.5. The highest BCUT2D eigenvalue weighted by molar-refractivity contribution is 7.14. The van der Waals surface area contributed by atoms with Crippen molar-refractivity contribution in [2.24, 2.45) is 5.92 Å². The number of aromatic nitrogens is 1. The summed E-state index contributed by atoms with van der Waals surface area (Å²) in [6, 6.07) is 5.21. The van der Waals surface area contributed by atoms with Crippen LogP contribution >= 0.6 is 22.9 Å². The molecule has 0 bridgehead atoms. The van der Waals surface area contributed by atoms with Crippen molar-refractivity contribution in [1.29, 1.82) is 0 Å². The van der Waals surface area contributed by atoms with Gasteiger partial charge < -0.3 is 20.1 Å². The monoisotopic (exact) mass is 463 g/mol. The molecule has 0 radical (unpaired) electrons. The molecule has 1 fully saturated rings. The van der Waals surface area contributed by atoms with Crippen LogP contribution in [0, 0.1) is 5.92 Å². The summed E-state index contributed by atoms with van der Waals surface area (Å²) in [6.45, 7) is 4.35. The fourth-order valence-electron chi connectivity index (χ4n) is 2.61. The molecule has 0 saturated heterocycles.